The Balaban J connectivity index is 0.00000324. The molecule has 0 bridgehead atoms. The Morgan fingerprint density at radius 3 is 2.74 bits per heavy atom. The van der Waals surface area contributed by atoms with Crippen molar-refractivity contribution in [2.24, 2.45) is 10.9 Å². The van der Waals surface area contributed by atoms with Crippen LogP contribution in [-0.2, 0) is 0 Å². The third kappa shape index (κ3) is 7.97. The topological polar surface area (TPSA) is 39.7 Å². The molecule has 0 aliphatic carbocycles. The van der Waals surface area contributed by atoms with E-state index in [1.807, 2.05) is 0 Å². The first-order chi connectivity index (χ1) is 8.65. The van der Waals surface area contributed by atoms with Crippen LogP contribution in [0.4, 0.5) is 0 Å². The first kappa shape index (κ1) is 19.0. The maximum Gasteiger partial charge on any atom is 0.191 e. The summed E-state index contributed by atoms with van der Waals surface area (Å²) in [6, 6.07) is 0.483. The number of rotatable bonds is 5. The zero-order valence-electron chi connectivity index (χ0n) is 12.9. The van der Waals surface area contributed by atoms with E-state index in [0.29, 0.717) is 6.04 Å². The van der Waals surface area contributed by atoms with E-state index in [9.17, 15) is 0 Å². The highest BCUT2D eigenvalue weighted by Gasteiger charge is 2.16. The van der Waals surface area contributed by atoms with Gasteiger partial charge in [-0.1, -0.05) is 6.92 Å². The molecule has 0 radical (unpaired) electrons. The van der Waals surface area contributed by atoms with Crippen molar-refractivity contribution in [3.05, 3.63) is 0 Å². The zero-order chi connectivity index (χ0) is 13.4. The molecule has 1 aliphatic rings. The van der Waals surface area contributed by atoms with Gasteiger partial charge in [-0.15, -0.1) is 24.0 Å². The zero-order valence-corrected chi connectivity index (χ0v) is 15.2. The van der Waals surface area contributed by atoms with Crippen LogP contribution >= 0.6 is 24.0 Å². The van der Waals surface area contributed by atoms with Gasteiger partial charge < -0.3 is 15.5 Å². The van der Waals surface area contributed by atoms with Gasteiger partial charge in [0.15, 0.2) is 5.96 Å². The van der Waals surface area contributed by atoms with Crippen LogP contribution < -0.4 is 10.6 Å². The molecule has 114 valence electrons. The number of guanidine groups is 1. The molecular formula is C14H31IN4. The summed E-state index contributed by atoms with van der Waals surface area (Å²) in [7, 11) is 2.21. The summed E-state index contributed by atoms with van der Waals surface area (Å²) in [6.45, 7) is 10.8. The Bertz CT molecular complexity index is 258. The van der Waals surface area contributed by atoms with Gasteiger partial charge in [0, 0.05) is 25.7 Å². The van der Waals surface area contributed by atoms with Gasteiger partial charge in [0.05, 0.1) is 0 Å². The van der Waals surface area contributed by atoms with Crippen LogP contribution in [0, 0.1) is 5.92 Å². The number of hydrogen-bond donors (Lipinski definition) is 2. The van der Waals surface area contributed by atoms with Crippen LogP contribution in [0.15, 0.2) is 4.99 Å². The average molecular weight is 382 g/mol. The SMILES string of the molecule is CCNC(=NCC1CCCN(C)C1)NC(C)CC.I. The van der Waals surface area contributed by atoms with E-state index in [1.54, 1.807) is 0 Å². The largest absolute Gasteiger partial charge is 0.357 e. The van der Waals surface area contributed by atoms with Crippen molar-refractivity contribution in [1.82, 2.24) is 15.5 Å². The second-order valence-electron chi connectivity index (χ2n) is 5.44. The molecule has 1 saturated heterocycles. The summed E-state index contributed by atoms with van der Waals surface area (Å²) in [5.74, 6) is 1.69. The van der Waals surface area contributed by atoms with Gasteiger partial charge in [-0.2, -0.15) is 0 Å². The number of nitrogens with zero attached hydrogens (tertiary/aromatic N) is 2. The molecule has 1 heterocycles. The highest BCUT2D eigenvalue weighted by Crippen LogP contribution is 2.14. The maximum absolute atomic E-state index is 4.73. The number of nitrogens with one attached hydrogen (secondary N) is 2. The molecule has 0 aromatic rings. The molecular weight excluding hydrogens is 351 g/mol. The van der Waals surface area contributed by atoms with Crippen LogP contribution in [0.25, 0.3) is 0 Å². The minimum Gasteiger partial charge on any atom is -0.357 e. The summed E-state index contributed by atoms with van der Waals surface area (Å²) < 4.78 is 0. The van der Waals surface area contributed by atoms with Gasteiger partial charge in [0.25, 0.3) is 0 Å². The van der Waals surface area contributed by atoms with E-state index < -0.39 is 0 Å². The van der Waals surface area contributed by atoms with Crippen molar-refractivity contribution >= 4 is 29.9 Å². The standard InChI is InChI=1S/C14H30N4.HI/c1-5-12(3)17-14(15-6-2)16-10-13-8-7-9-18(4)11-13;/h12-13H,5-11H2,1-4H3,(H2,15,16,17);1H. The molecule has 1 aliphatic heterocycles. The van der Waals surface area contributed by atoms with Crippen molar-refractivity contribution in [2.75, 3.05) is 33.2 Å². The lowest BCUT2D eigenvalue weighted by Gasteiger charge is -2.28. The first-order valence-electron chi connectivity index (χ1n) is 7.39. The van der Waals surface area contributed by atoms with Crippen LogP contribution in [0.1, 0.15) is 40.0 Å². The van der Waals surface area contributed by atoms with Crippen LogP contribution in [0.3, 0.4) is 0 Å². The fourth-order valence-electron chi connectivity index (χ4n) is 2.30. The molecule has 1 fully saturated rings. The smallest absolute Gasteiger partial charge is 0.191 e. The van der Waals surface area contributed by atoms with E-state index in [1.165, 1.54) is 25.9 Å². The summed E-state index contributed by atoms with van der Waals surface area (Å²) in [5, 5.41) is 6.77. The predicted molar refractivity (Wildman–Crippen MR) is 94.5 cm³/mol. The molecule has 4 nitrogen and oxygen atoms in total. The molecule has 1 rings (SSSR count). The molecule has 0 saturated carbocycles. The average Bonchev–Trinajstić information content (AvgIpc) is 2.36. The fourth-order valence-corrected chi connectivity index (χ4v) is 2.30. The van der Waals surface area contributed by atoms with E-state index in [0.717, 1.165) is 31.4 Å². The summed E-state index contributed by atoms with van der Waals surface area (Å²) in [6.07, 6.45) is 3.75. The molecule has 0 aromatic heterocycles. The molecule has 2 unspecified atom stereocenters. The Morgan fingerprint density at radius 1 is 1.42 bits per heavy atom. The summed E-state index contributed by atoms with van der Waals surface area (Å²) >= 11 is 0. The van der Waals surface area contributed by atoms with Crippen molar-refractivity contribution in [3.8, 4) is 0 Å². The quantitative estimate of drug-likeness (QED) is 0.436. The molecule has 0 aromatic carbocycles. The summed E-state index contributed by atoms with van der Waals surface area (Å²) in [4.78, 5) is 7.14. The van der Waals surface area contributed by atoms with E-state index in [4.69, 9.17) is 4.99 Å². The van der Waals surface area contributed by atoms with Crippen molar-refractivity contribution < 1.29 is 0 Å². The fraction of sp³-hybridized carbons (Fsp3) is 0.929. The van der Waals surface area contributed by atoms with Crippen LogP contribution in [0.2, 0.25) is 0 Å². The molecule has 2 N–H and O–H groups in total. The highest BCUT2D eigenvalue weighted by atomic mass is 127. The van der Waals surface area contributed by atoms with Gasteiger partial charge >= 0.3 is 0 Å². The number of hydrogen-bond acceptors (Lipinski definition) is 2. The van der Waals surface area contributed by atoms with Crippen LogP contribution in [0.5, 0.6) is 0 Å². The van der Waals surface area contributed by atoms with Gasteiger partial charge in [0.2, 0.25) is 0 Å². The third-order valence-corrected chi connectivity index (χ3v) is 3.57. The molecule has 0 amide bonds. The number of piperidine rings is 1. The lowest BCUT2D eigenvalue weighted by atomic mass is 9.99. The lowest BCUT2D eigenvalue weighted by molar-refractivity contribution is 0.214. The van der Waals surface area contributed by atoms with Crippen LogP contribution in [-0.4, -0.2) is 50.1 Å². The lowest BCUT2D eigenvalue weighted by Crippen LogP contribution is -2.42. The second-order valence-corrected chi connectivity index (χ2v) is 5.44. The monoisotopic (exact) mass is 382 g/mol. The predicted octanol–water partition coefficient (Wildman–Crippen LogP) is 2.30. The van der Waals surface area contributed by atoms with Gasteiger partial charge in [-0.25, -0.2) is 0 Å². The van der Waals surface area contributed by atoms with E-state index in [2.05, 4.69) is 43.4 Å². The molecule has 0 spiro atoms. The second kappa shape index (κ2) is 10.7. The molecule has 5 heteroatoms. The minimum absolute atomic E-state index is 0. The van der Waals surface area contributed by atoms with E-state index >= 15 is 0 Å². The van der Waals surface area contributed by atoms with Gasteiger partial charge in [0.1, 0.15) is 0 Å². The first-order valence-corrected chi connectivity index (χ1v) is 7.39. The highest BCUT2D eigenvalue weighted by molar-refractivity contribution is 14.0. The molecule has 2 atom stereocenters. The van der Waals surface area contributed by atoms with Crippen molar-refractivity contribution in [3.63, 3.8) is 0 Å². The van der Waals surface area contributed by atoms with E-state index in [-0.39, 0.29) is 24.0 Å². The Hall–Kier alpha value is -0.0400. The number of aliphatic imine (C=N–C) groups is 1. The summed E-state index contributed by atoms with van der Waals surface area (Å²) in [5.41, 5.74) is 0. The Labute approximate surface area is 135 Å². The Kier molecular flexibility index (Phi) is 10.7. The number of likely N-dealkylation sites (tertiary alicyclic amines) is 1. The Morgan fingerprint density at radius 2 is 2.16 bits per heavy atom. The van der Waals surface area contributed by atoms with Crippen molar-refractivity contribution in [2.45, 2.75) is 46.1 Å². The molecule has 19 heavy (non-hydrogen) atoms. The maximum atomic E-state index is 4.73. The van der Waals surface area contributed by atoms with Crippen molar-refractivity contribution in [1.29, 1.82) is 0 Å². The minimum atomic E-state index is 0. The normalized spacial score (nSPS) is 22.5. The third-order valence-electron chi connectivity index (χ3n) is 3.57. The van der Waals surface area contributed by atoms with Gasteiger partial charge in [-0.05, 0) is 52.6 Å². The number of halogens is 1. The van der Waals surface area contributed by atoms with Gasteiger partial charge in [-0.3, -0.25) is 4.99 Å².